The van der Waals surface area contributed by atoms with Crippen LogP contribution in [0.3, 0.4) is 0 Å². The monoisotopic (exact) mass is 204 g/mol. The van der Waals surface area contributed by atoms with Gasteiger partial charge in [0.05, 0.1) is 13.2 Å². The first-order chi connectivity index (χ1) is 6.70. The smallest absolute Gasteiger partial charge is 0.194 e. The quantitative estimate of drug-likeness (QED) is 0.652. The van der Waals surface area contributed by atoms with E-state index in [1.807, 2.05) is 0 Å². The van der Waals surface area contributed by atoms with Gasteiger partial charge in [0.1, 0.15) is 0 Å². The molecule has 1 aromatic carbocycles. The normalized spacial score (nSPS) is 17.6. The molecule has 0 aromatic heterocycles. The van der Waals surface area contributed by atoms with Crippen LogP contribution in [0.5, 0.6) is 0 Å². The molecule has 76 valence electrons. The third kappa shape index (κ3) is 1.49. The highest BCUT2D eigenvalue weighted by Crippen LogP contribution is 2.27. The summed E-state index contributed by atoms with van der Waals surface area (Å²) >= 11 is 0. The van der Waals surface area contributed by atoms with E-state index in [0.717, 1.165) is 12.1 Å². The first kappa shape index (κ1) is 9.48. The standard InChI is InChI=1S/C9H7F3O2/c10-6-2-1-5(7(11)8(6)12)9-13-3-4-14-9/h1-2,9H,3-4H2. The highest BCUT2D eigenvalue weighted by molar-refractivity contribution is 5.21. The summed E-state index contributed by atoms with van der Waals surface area (Å²) in [5.41, 5.74) is -0.110. The van der Waals surface area contributed by atoms with E-state index in [0.29, 0.717) is 13.2 Å². The lowest BCUT2D eigenvalue weighted by Crippen LogP contribution is -2.04. The van der Waals surface area contributed by atoms with Crippen molar-refractivity contribution in [3.8, 4) is 0 Å². The molecular formula is C9H7F3O2. The topological polar surface area (TPSA) is 18.5 Å². The maximum absolute atomic E-state index is 13.1. The van der Waals surface area contributed by atoms with Gasteiger partial charge in [-0.05, 0) is 12.1 Å². The largest absolute Gasteiger partial charge is 0.346 e. The van der Waals surface area contributed by atoms with Gasteiger partial charge in [-0.1, -0.05) is 0 Å². The Labute approximate surface area is 78.2 Å². The molecule has 1 fully saturated rings. The van der Waals surface area contributed by atoms with Crippen molar-refractivity contribution in [3.05, 3.63) is 35.1 Å². The number of halogens is 3. The van der Waals surface area contributed by atoms with Gasteiger partial charge in [0.2, 0.25) is 0 Å². The minimum absolute atomic E-state index is 0.110. The van der Waals surface area contributed by atoms with Crippen molar-refractivity contribution in [2.24, 2.45) is 0 Å². The Morgan fingerprint density at radius 3 is 2.29 bits per heavy atom. The van der Waals surface area contributed by atoms with Crippen molar-refractivity contribution >= 4 is 0 Å². The zero-order chi connectivity index (χ0) is 10.1. The number of hydrogen-bond acceptors (Lipinski definition) is 2. The van der Waals surface area contributed by atoms with Gasteiger partial charge in [0, 0.05) is 5.56 Å². The third-order valence-electron chi connectivity index (χ3n) is 1.94. The van der Waals surface area contributed by atoms with Gasteiger partial charge < -0.3 is 9.47 Å². The summed E-state index contributed by atoms with van der Waals surface area (Å²) in [6, 6.07) is 1.96. The van der Waals surface area contributed by atoms with Crippen molar-refractivity contribution in [3.63, 3.8) is 0 Å². The zero-order valence-corrected chi connectivity index (χ0v) is 7.10. The maximum atomic E-state index is 13.1. The predicted molar refractivity (Wildman–Crippen MR) is 41.0 cm³/mol. The number of rotatable bonds is 1. The molecule has 0 N–H and O–H groups in total. The molecule has 0 bridgehead atoms. The molecule has 0 radical (unpaired) electrons. The summed E-state index contributed by atoms with van der Waals surface area (Å²) in [5, 5.41) is 0. The lowest BCUT2D eigenvalue weighted by atomic mass is 10.2. The van der Waals surface area contributed by atoms with Crippen LogP contribution >= 0.6 is 0 Å². The van der Waals surface area contributed by atoms with Crippen molar-refractivity contribution in [1.82, 2.24) is 0 Å². The fraction of sp³-hybridized carbons (Fsp3) is 0.333. The average molecular weight is 204 g/mol. The van der Waals surface area contributed by atoms with Crippen LogP contribution in [0.4, 0.5) is 13.2 Å². The molecule has 1 aromatic rings. The molecule has 0 spiro atoms. The Morgan fingerprint density at radius 1 is 1.00 bits per heavy atom. The van der Waals surface area contributed by atoms with Crippen LogP contribution < -0.4 is 0 Å². The minimum Gasteiger partial charge on any atom is -0.346 e. The first-order valence-electron chi connectivity index (χ1n) is 4.07. The van der Waals surface area contributed by atoms with Gasteiger partial charge >= 0.3 is 0 Å². The SMILES string of the molecule is Fc1ccc(C2OCCO2)c(F)c1F. The van der Waals surface area contributed by atoms with E-state index in [1.54, 1.807) is 0 Å². The summed E-state index contributed by atoms with van der Waals surface area (Å²) in [6.45, 7) is 0.645. The van der Waals surface area contributed by atoms with Gasteiger partial charge in [-0.2, -0.15) is 0 Å². The van der Waals surface area contributed by atoms with Crippen LogP contribution in [0.2, 0.25) is 0 Å². The minimum atomic E-state index is -1.50. The summed E-state index contributed by atoms with van der Waals surface area (Å²) in [5.74, 6) is -3.97. The molecule has 0 unspecified atom stereocenters. The van der Waals surface area contributed by atoms with Crippen molar-refractivity contribution in [2.75, 3.05) is 13.2 Å². The maximum Gasteiger partial charge on any atom is 0.194 e. The Balaban J connectivity index is 2.38. The highest BCUT2D eigenvalue weighted by atomic mass is 19.2. The third-order valence-corrected chi connectivity index (χ3v) is 1.94. The van der Waals surface area contributed by atoms with Gasteiger partial charge in [-0.3, -0.25) is 0 Å². The second kappa shape index (κ2) is 3.59. The first-order valence-corrected chi connectivity index (χ1v) is 4.07. The van der Waals surface area contributed by atoms with Crippen LogP contribution in [0.15, 0.2) is 12.1 Å². The van der Waals surface area contributed by atoms with E-state index < -0.39 is 23.7 Å². The summed E-state index contributed by atoms with van der Waals surface area (Å²) in [4.78, 5) is 0. The van der Waals surface area contributed by atoms with Gasteiger partial charge in [-0.25, -0.2) is 13.2 Å². The summed E-state index contributed by atoms with van der Waals surface area (Å²) in [7, 11) is 0. The van der Waals surface area contributed by atoms with E-state index in [2.05, 4.69) is 0 Å². The lowest BCUT2D eigenvalue weighted by Gasteiger charge is -2.10. The molecular weight excluding hydrogens is 197 g/mol. The van der Waals surface area contributed by atoms with Crippen LogP contribution in [-0.2, 0) is 9.47 Å². The zero-order valence-electron chi connectivity index (χ0n) is 7.10. The van der Waals surface area contributed by atoms with E-state index in [9.17, 15) is 13.2 Å². The van der Waals surface area contributed by atoms with Crippen molar-refractivity contribution < 1.29 is 22.6 Å². The Kier molecular flexibility index (Phi) is 2.43. The van der Waals surface area contributed by atoms with Crippen LogP contribution in [0.25, 0.3) is 0 Å². The second-order valence-corrected chi connectivity index (χ2v) is 2.84. The number of ether oxygens (including phenoxy) is 2. The molecule has 0 atom stereocenters. The predicted octanol–water partition coefficient (Wildman–Crippen LogP) is 2.15. The van der Waals surface area contributed by atoms with E-state index in [1.165, 1.54) is 0 Å². The van der Waals surface area contributed by atoms with Gasteiger partial charge in [-0.15, -0.1) is 0 Å². The fourth-order valence-electron chi connectivity index (χ4n) is 1.26. The van der Waals surface area contributed by atoms with Crippen molar-refractivity contribution in [1.29, 1.82) is 0 Å². The van der Waals surface area contributed by atoms with E-state index in [-0.39, 0.29) is 5.56 Å². The Bertz CT molecular complexity index is 348. The molecule has 1 aliphatic heterocycles. The second-order valence-electron chi connectivity index (χ2n) is 2.84. The van der Waals surface area contributed by atoms with Crippen LogP contribution in [0, 0.1) is 17.5 Å². The summed E-state index contributed by atoms with van der Waals surface area (Å²) in [6.07, 6.45) is -0.926. The average Bonchev–Trinajstić information content (AvgIpc) is 2.67. The molecule has 1 saturated heterocycles. The van der Waals surface area contributed by atoms with Crippen molar-refractivity contribution in [2.45, 2.75) is 6.29 Å². The molecule has 2 nitrogen and oxygen atoms in total. The van der Waals surface area contributed by atoms with E-state index >= 15 is 0 Å². The molecule has 1 heterocycles. The lowest BCUT2D eigenvalue weighted by molar-refractivity contribution is -0.0469. The molecule has 5 heteroatoms. The van der Waals surface area contributed by atoms with Gasteiger partial charge in [0.15, 0.2) is 23.7 Å². The number of hydrogen-bond donors (Lipinski definition) is 0. The van der Waals surface area contributed by atoms with E-state index in [4.69, 9.17) is 9.47 Å². The molecule has 0 aliphatic carbocycles. The molecule has 2 rings (SSSR count). The molecule has 14 heavy (non-hydrogen) atoms. The fourth-order valence-corrected chi connectivity index (χ4v) is 1.26. The van der Waals surface area contributed by atoms with Gasteiger partial charge in [0.25, 0.3) is 0 Å². The summed E-state index contributed by atoms with van der Waals surface area (Å²) < 4.78 is 48.4. The highest BCUT2D eigenvalue weighted by Gasteiger charge is 2.24. The van der Waals surface area contributed by atoms with Crippen LogP contribution in [-0.4, -0.2) is 13.2 Å². The Hall–Kier alpha value is -1.07. The Morgan fingerprint density at radius 2 is 1.64 bits per heavy atom. The molecule has 1 aliphatic rings. The number of benzene rings is 1. The molecule has 0 saturated carbocycles. The van der Waals surface area contributed by atoms with Crippen LogP contribution in [0.1, 0.15) is 11.9 Å². The molecule has 0 amide bonds.